The Morgan fingerprint density at radius 3 is 2.36 bits per heavy atom. The van der Waals surface area contributed by atoms with Crippen molar-refractivity contribution in [2.24, 2.45) is 0 Å². The van der Waals surface area contributed by atoms with E-state index >= 15 is 8.78 Å². The molecule has 1 aliphatic rings. The number of aromatic nitrogens is 2. The van der Waals surface area contributed by atoms with Gasteiger partial charge in [0, 0.05) is 17.8 Å². The zero-order chi connectivity index (χ0) is 31.2. The van der Waals surface area contributed by atoms with Crippen molar-refractivity contribution in [3.8, 4) is 0 Å². The molecule has 0 aliphatic carbocycles. The van der Waals surface area contributed by atoms with E-state index in [2.05, 4.69) is 10.3 Å². The van der Waals surface area contributed by atoms with Gasteiger partial charge in [0.15, 0.2) is 5.82 Å². The Labute approximate surface area is 251 Å². The minimum atomic E-state index is -1.37. The fourth-order valence-electron chi connectivity index (χ4n) is 4.83. The summed E-state index contributed by atoms with van der Waals surface area (Å²) in [6.07, 6.45) is 0.602. The van der Waals surface area contributed by atoms with Crippen molar-refractivity contribution in [2.75, 3.05) is 18.4 Å². The second-order valence-corrected chi connectivity index (χ2v) is 13.0. The molecule has 1 unspecified atom stereocenters. The Bertz CT molecular complexity index is 1620. The molecule has 9 nitrogen and oxygen atoms in total. The van der Waals surface area contributed by atoms with Gasteiger partial charge in [0.2, 0.25) is 0 Å². The topological polar surface area (TPSA) is 103 Å². The van der Waals surface area contributed by atoms with Gasteiger partial charge in [0.05, 0.1) is 33.8 Å². The third kappa shape index (κ3) is 6.78. The first kappa shape index (κ1) is 31.5. The van der Waals surface area contributed by atoms with Crippen molar-refractivity contribution in [3.05, 3.63) is 68.2 Å². The number of anilines is 1. The Morgan fingerprint density at radius 1 is 1.05 bits per heavy atom. The summed E-state index contributed by atoms with van der Waals surface area (Å²) in [5, 5.41) is 3.03. The van der Waals surface area contributed by atoms with E-state index in [1.54, 1.807) is 41.5 Å². The van der Waals surface area contributed by atoms with E-state index in [-0.39, 0.29) is 51.7 Å². The number of rotatable bonds is 5. The van der Waals surface area contributed by atoms with E-state index < -0.39 is 52.5 Å². The quantitative estimate of drug-likeness (QED) is 0.263. The number of esters is 1. The van der Waals surface area contributed by atoms with Crippen molar-refractivity contribution in [3.63, 3.8) is 0 Å². The van der Waals surface area contributed by atoms with Crippen molar-refractivity contribution in [1.82, 2.24) is 14.5 Å². The smallest absolute Gasteiger partial charge is 0.410 e. The summed E-state index contributed by atoms with van der Waals surface area (Å²) in [5.41, 5.74) is -3.74. The average molecular weight is 626 g/mol. The molecule has 1 aliphatic heterocycles. The summed E-state index contributed by atoms with van der Waals surface area (Å²) < 4.78 is 42.5. The SMILES string of the molecule is CC(C)(C)OC(=O)Cn1cnc2c(F)cc(NC3(c4c(F)ccc(Cl)c4Cl)CCN(C(=O)OC(C)(C)C)C3)cc2c1=O. The summed E-state index contributed by atoms with van der Waals surface area (Å²) in [6, 6.07) is 4.93. The zero-order valence-electron chi connectivity index (χ0n) is 24.1. The van der Waals surface area contributed by atoms with Gasteiger partial charge in [0.25, 0.3) is 5.56 Å². The first-order valence-corrected chi connectivity index (χ1v) is 14.0. The van der Waals surface area contributed by atoms with Crippen LogP contribution in [0.4, 0.5) is 19.3 Å². The normalized spacial score (nSPS) is 17.4. The van der Waals surface area contributed by atoms with Gasteiger partial charge in [-0.1, -0.05) is 23.2 Å². The van der Waals surface area contributed by atoms with Crippen LogP contribution < -0.4 is 10.9 Å². The lowest BCUT2D eigenvalue weighted by atomic mass is 9.87. The van der Waals surface area contributed by atoms with Crippen LogP contribution in [-0.4, -0.2) is 50.8 Å². The highest BCUT2D eigenvalue weighted by Crippen LogP contribution is 2.43. The molecule has 0 radical (unpaired) electrons. The Hall–Kier alpha value is -3.44. The first-order chi connectivity index (χ1) is 19.4. The molecule has 0 bridgehead atoms. The molecule has 226 valence electrons. The van der Waals surface area contributed by atoms with E-state index in [9.17, 15) is 14.4 Å². The van der Waals surface area contributed by atoms with Crippen LogP contribution in [0.25, 0.3) is 10.9 Å². The summed E-state index contributed by atoms with van der Waals surface area (Å²) in [4.78, 5) is 44.0. The number of fused-ring (bicyclic) bond motifs is 1. The maximum Gasteiger partial charge on any atom is 0.410 e. The van der Waals surface area contributed by atoms with Gasteiger partial charge in [-0.2, -0.15) is 0 Å². The minimum absolute atomic E-state index is 0.0169. The molecule has 3 aromatic rings. The zero-order valence-corrected chi connectivity index (χ0v) is 25.6. The number of hydrogen-bond donors (Lipinski definition) is 1. The summed E-state index contributed by atoms with van der Waals surface area (Å²) >= 11 is 12.8. The van der Waals surface area contributed by atoms with Gasteiger partial charge in [0.1, 0.15) is 29.1 Å². The molecule has 1 fully saturated rings. The molecule has 1 aromatic heterocycles. The predicted octanol–water partition coefficient (Wildman–Crippen LogP) is 6.27. The molecule has 0 spiro atoms. The van der Waals surface area contributed by atoms with Crippen molar-refractivity contribution < 1.29 is 27.8 Å². The lowest BCUT2D eigenvalue weighted by Crippen LogP contribution is -2.42. The van der Waals surface area contributed by atoms with Gasteiger partial charge >= 0.3 is 12.1 Å². The molecular formula is C29H32Cl2F2N4O5. The maximum absolute atomic E-state index is 15.4. The minimum Gasteiger partial charge on any atom is -0.459 e. The third-order valence-electron chi connectivity index (χ3n) is 6.43. The lowest BCUT2D eigenvalue weighted by molar-refractivity contribution is -0.155. The van der Waals surface area contributed by atoms with Crippen LogP contribution in [0.5, 0.6) is 0 Å². The molecule has 42 heavy (non-hydrogen) atoms. The molecule has 2 heterocycles. The van der Waals surface area contributed by atoms with E-state index in [4.69, 9.17) is 32.7 Å². The van der Waals surface area contributed by atoms with Gasteiger partial charge in [-0.15, -0.1) is 0 Å². The first-order valence-electron chi connectivity index (χ1n) is 13.2. The number of benzene rings is 2. The Morgan fingerprint density at radius 2 is 1.71 bits per heavy atom. The standard InChI is InChI=1S/C29H32Cl2F2N4O5/c1-27(2,3)41-21(38)13-37-15-34-24-17(25(37)39)11-16(12-20(24)33)35-29(22-19(32)8-7-18(30)23(22)31)9-10-36(14-29)26(40)42-28(4,5)6/h7-8,11-12,15,35H,9-10,13-14H2,1-6H3. The van der Waals surface area contributed by atoms with Crippen molar-refractivity contribution >= 4 is 51.9 Å². The molecule has 1 atom stereocenters. The largest absolute Gasteiger partial charge is 0.459 e. The molecule has 1 amide bonds. The number of ether oxygens (including phenoxy) is 2. The molecule has 1 saturated heterocycles. The highest BCUT2D eigenvalue weighted by atomic mass is 35.5. The van der Waals surface area contributed by atoms with Crippen LogP contribution >= 0.6 is 23.2 Å². The number of nitrogens with zero attached hydrogens (tertiary/aromatic N) is 3. The average Bonchev–Trinajstić information content (AvgIpc) is 3.26. The number of carbonyl (C=O) groups is 2. The number of amides is 1. The fourth-order valence-corrected chi connectivity index (χ4v) is 5.32. The van der Waals surface area contributed by atoms with Crippen LogP contribution in [0.15, 0.2) is 35.4 Å². The number of halogens is 4. The number of nitrogens with one attached hydrogen (secondary N) is 1. The molecule has 4 rings (SSSR count). The fraction of sp³-hybridized carbons (Fsp3) is 0.448. The lowest BCUT2D eigenvalue weighted by Gasteiger charge is -2.34. The third-order valence-corrected chi connectivity index (χ3v) is 7.23. The number of carbonyl (C=O) groups excluding carboxylic acids is 2. The second-order valence-electron chi connectivity index (χ2n) is 12.2. The highest BCUT2D eigenvalue weighted by Gasteiger charge is 2.46. The van der Waals surface area contributed by atoms with Crippen molar-refractivity contribution in [2.45, 2.75) is 71.2 Å². The number of hydrogen-bond acceptors (Lipinski definition) is 7. The summed E-state index contributed by atoms with van der Waals surface area (Å²) in [6.45, 7) is 9.87. The van der Waals surface area contributed by atoms with Gasteiger partial charge in [-0.3, -0.25) is 14.2 Å². The molecule has 2 aromatic carbocycles. The monoisotopic (exact) mass is 624 g/mol. The summed E-state index contributed by atoms with van der Waals surface area (Å²) in [5.74, 6) is -2.18. The second kappa shape index (κ2) is 11.3. The van der Waals surface area contributed by atoms with Gasteiger partial charge in [-0.25, -0.2) is 18.6 Å². The van der Waals surface area contributed by atoms with Crippen LogP contribution in [0.1, 0.15) is 53.5 Å². The van der Waals surface area contributed by atoms with Crippen LogP contribution in [0, 0.1) is 11.6 Å². The van der Waals surface area contributed by atoms with Crippen LogP contribution in [0.2, 0.25) is 10.0 Å². The molecule has 13 heteroatoms. The Kier molecular flexibility index (Phi) is 8.50. The summed E-state index contributed by atoms with van der Waals surface area (Å²) in [7, 11) is 0. The van der Waals surface area contributed by atoms with Gasteiger partial charge < -0.3 is 19.7 Å². The molecule has 0 saturated carbocycles. The number of likely N-dealkylation sites (tertiary alicyclic amines) is 1. The van der Waals surface area contributed by atoms with Crippen LogP contribution in [-0.2, 0) is 26.4 Å². The van der Waals surface area contributed by atoms with Crippen LogP contribution in [0.3, 0.4) is 0 Å². The van der Waals surface area contributed by atoms with E-state index in [0.29, 0.717) is 0 Å². The van der Waals surface area contributed by atoms with Crippen molar-refractivity contribution in [1.29, 1.82) is 0 Å². The predicted molar refractivity (Wildman–Crippen MR) is 156 cm³/mol. The van der Waals surface area contributed by atoms with E-state index in [1.807, 2.05) is 0 Å². The highest BCUT2D eigenvalue weighted by molar-refractivity contribution is 6.42. The Balaban J connectivity index is 1.78. The maximum atomic E-state index is 15.4. The van der Waals surface area contributed by atoms with Gasteiger partial charge in [-0.05, 0) is 72.2 Å². The van der Waals surface area contributed by atoms with E-state index in [0.717, 1.165) is 23.0 Å². The molecule has 1 N–H and O–H groups in total. The molecular weight excluding hydrogens is 593 g/mol. The van der Waals surface area contributed by atoms with E-state index in [1.165, 1.54) is 17.0 Å².